The number of hydrogen-bond acceptors (Lipinski definition) is 6. The summed E-state index contributed by atoms with van der Waals surface area (Å²) in [7, 11) is 1.48. The number of anilines is 2. The number of rotatable bonds is 3. The number of nitriles is 1. The van der Waals surface area contributed by atoms with Crippen LogP contribution in [0.15, 0.2) is 47.2 Å². The van der Waals surface area contributed by atoms with Gasteiger partial charge in [-0.15, -0.1) is 0 Å². The highest BCUT2D eigenvalue weighted by Crippen LogP contribution is 2.29. The van der Waals surface area contributed by atoms with Crippen LogP contribution in [0, 0.1) is 11.3 Å². The predicted molar refractivity (Wildman–Crippen MR) is 92.2 cm³/mol. The van der Waals surface area contributed by atoms with Crippen molar-refractivity contribution in [1.29, 1.82) is 5.26 Å². The molecule has 0 saturated heterocycles. The third-order valence-corrected chi connectivity index (χ3v) is 3.73. The fourth-order valence-corrected chi connectivity index (χ4v) is 2.41. The number of amides is 2. The number of nitrogens with one attached hydrogen (secondary N) is 1. The topological polar surface area (TPSA) is 91.4 Å². The number of fused-ring (bicyclic) bond motifs is 1. The summed E-state index contributed by atoms with van der Waals surface area (Å²) < 4.78 is 11.5. The van der Waals surface area contributed by atoms with Gasteiger partial charge in [0.2, 0.25) is 0 Å². The first-order valence-corrected chi connectivity index (χ1v) is 7.24. The molecule has 3 aromatic rings. The molecule has 2 aromatic carbocycles. The quantitative estimate of drug-likeness (QED) is 0.711. The SMILES string of the molecule is COc1ccc(C#N)cc1NC(=O)N(S)c1cccc2ocnc12. The number of thiol groups is 1. The molecule has 1 N–H and O–H groups in total. The Morgan fingerprint density at radius 2 is 2.25 bits per heavy atom. The van der Waals surface area contributed by atoms with Crippen LogP contribution in [-0.2, 0) is 0 Å². The fraction of sp³-hybridized carbons (Fsp3) is 0.0625. The fourth-order valence-electron chi connectivity index (χ4n) is 2.20. The first-order chi connectivity index (χ1) is 11.6. The number of benzene rings is 2. The van der Waals surface area contributed by atoms with E-state index in [2.05, 4.69) is 23.1 Å². The van der Waals surface area contributed by atoms with E-state index in [1.54, 1.807) is 30.3 Å². The highest BCUT2D eigenvalue weighted by molar-refractivity contribution is 7.82. The third kappa shape index (κ3) is 2.85. The van der Waals surface area contributed by atoms with Crippen LogP contribution in [0.5, 0.6) is 5.75 Å². The van der Waals surface area contributed by atoms with E-state index in [0.717, 1.165) is 4.31 Å². The molecule has 0 fully saturated rings. The summed E-state index contributed by atoms with van der Waals surface area (Å²) in [6, 6.07) is 11.4. The van der Waals surface area contributed by atoms with Crippen LogP contribution in [0.25, 0.3) is 11.1 Å². The smallest absolute Gasteiger partial charge is 0.336 e. The minimum atomic E-state index is -0.526. The largest absolute Gasteiger partial charge is 0.495 e. The minimum absolute atomic E-state index is 0.368. The van der Waals surface area contributed by atoms with E-state index in [9.17, 15) is 4.79 Å². The van der Waals surface area contributed by atoms with Gasteiger partial charge in [-0.2, -0.15) is 5.26 Å². The molecule has 1 heterocycles. The second-order valence-corrected chi connectivity index (χ2v) is 5.15. The van der Waals surface area contributed by atoms with Crippen molar-refractivity contribution in [3.63, 3.8) is 0 Å². The van der Waals surface area contributed by atoms with Crippen molar-refractivity contribution in [2.24, 2.45) is 0 Å². The molecule has 3 rings (SSSR count). The van der Waals surface area contributed by atoms with E-state index < -0.39 is 6.03 Å². The number of carbonyl (C=O) groups is 1. The first-order valence-electron chi connectivity index (χ1n) is 6.84. The number of nitrogens with zero attached hydrogens (tertiary/aromatic N) is 3. The lowest BCUT2D eigenvalue weighted by atomic mass is 10.2. The maximum Gasteiger partial charge on any atom is 0.336 e. The zero-order chi connectivity index (χ0) is 17.1. The van der Waals surface area contributed by atoms with E-state index >= 15 is 0 Å². The van der Waals surface area contributed by atoms with Crippen LogP contribution in [0.4, 0.5) is 16.2 Å². The first kappa shape index (κ1) is 15.7. The molecule has 7 nitrogen and oxygen atoms in total. The Morgan fingerprint density at radius 3 is 3.00 bits per heavy atom. The lowest BCUT2D eigenvalue weighted by molar-refractivity contribution is 0.260. The highest BCUT2D eigenvalue weighted by atomic mass is 32.1. The molecule has 0 bridgehead atoms. The van der Waals surface area contributed by atoms with Gasteiger partial charge < -0.3 is 14.5 Å². The van der Waals surface area contributed by atoms with Gasteiger partial charge in [-0.3, -0.25) is 0 Å². The Morgan fingerprint density at radius 1 is 1.42 bits per heavy atom. The molecule has 0 atom stereocenters. The number of carbonyl (C=O) groups excluding carboxylic acids is 1. The molecule has 120 valence electrons. The summed E-state index contributed by atoms with van der Waals surface area (Å²) in [6.45, 7) is 0. The van der Waals surface area contributed by atoms with Gasteiger partial charge in [0, 0.05) is 0 Å². The molecular formula is C16H12N4O3S. The summed E-state index contributed by atoms with van der Waals surface area (Å²) in [5.74, 6) is 0.434. The number of urea groups is 1. The van der Waals surface area contributed by atoms with E-state index in [1.807, 2.05) is 6.07 Å². The molecule has 0 spiro atoms. The maximum atomic E-state index is 12.5. The standard InChI is InChI=1S/C16H12N4O3S/c1-22-13-6-5-10(8-17)7-11(13)19-16(21)20(24)12-3-2-4-14-15(12)18-9-23-14/h2-7,9,24H,1H3,(H,19,21). The van der Waals surface area contributed by atoms with E-state index in [-0.39, 0.29) is 0 Å². The zero-order valence-corrected chi connectivity index (χ0v) is 13.4. The van der Waals surface area contributed by atoms with Gasteiger partial charge in [0.15, 0.2) is 12.0 Å². The number of oxazole rings is 1. The summed E-state index contributed by atoms with van der Waals surface area (Å²) in [5, 5.41) is 11.7. The van der Waals surface area contributed by atoms with Crippen molar-refractivity contribution in [1.82, 2.24) is 4.98 Å². The van der Waals surface area contributed by atoms with Crippen molar-refractivity contribution < 1.29 is 13.9 Å². The summed E-state index contributed by atoms with van der Waals surface area (Å²) >= 11 is 4.24. The Hall–Kier alpha value is -3.18. The van der Waals surface area contributed by atoms with Gasteiger partial charge in [-0.05, 0) is 30.3 Å². The number of methoxy groups -OCH3 is 1. The molecule has 1 aromatic heterocycles. The van der Waals surface area contributed by atoms with Crippen molar-refractivity contribution in [3.8, 4) is 11.8 Å². The normalized spacial score (nSPS) is 10.2. The van der Waals surface area contributed by atoms with E-state index in [1.165, 1.54) is 19.6 Å². The van der Waals surface area contributed by atoms with Gasteiger partial charge in [0.05, 0.1) is 30.1 Å². The molecule has 24 heavy (non-hydrogen) atoms. The zero-order valence-electron chi connectivity index (χ0n) is 12.6. The minimum Gasteiger partial charge on any atom is -0.495 e. The number of hydrogen-bond donors (Lipinski definition) is 2. The van der Waals surface area contributed by atoms with Gasteiger partial charge in [0.1, 0.15) is 11.3 Å². The van der Waals surface area contributed by atoms with Crippen LogP contribution >= 0.6 is 12.8 Å². The molecule has 0 saturated carbocycles. The Bertz CT molecular complexity index is 948. The third-order valence-electron chi connectivity index (χ3n) is 3.33. The molecule has 8 heteroatoms. The average molecular weight is 340 g/mol. The van der Waals surface area contributed by atoms with E-state index in [4.69, 9.17) is 14.4 Å². The molecule has 0 radical (unpaired) electrons. The number of ether oxygens (including phenoxy) is 1. The van der Waals surface area contributed by atoms with E-state index in [0.29, 0.717) is 33.8 Å². The second kappa shape index (κ2) is 6.52. The summed E-state index contributed by atoms with van der Waals surface area (Å²) in [4.78, 5) is 16.6. The molecule has 0 aliphatic heterocycles. The van der Waals surface area contributed by atoms with Crippen LogP contribution in [-0.4, -0.2) is 18.1 Å². The van der Waals surface area contributed by atoms with Crippen LogP contribution in [0.2, 0.25) is 0 Å². The Balaban J connectivity index is 1.90. The molecule has 0 aliphatic rings. The molecule has 0 aliphatic carbocycles. The maximum absolute atomic E-state index is 12.5. The summed E-state index contributed by atoms with van der Waals surface area (Å²) in [6.07, 6.45) is 1.30. The van der Waals surface area contributed by atoms with Gasteiger partial charge in [-0.25, -0.2) is 14.1 Å². The molecule has 0 unspecified atom stereocenters. The van der Waals surface area contributed by atoms with Crippen LogP contribution < -0.4 is 14.4 Å². The predicted octanol–water partition coefficient (Wildman–Crippen LogP) is 3.59. The van der Waals surface area contributed by atoms with Crippen molar-refractivity contribution in [2.45, 2.75) is 0 Å². The molecule has 2 amide bonds. The van der Waals surface area contributed by atoms with Gasteiger partial charge in [0.25, 0.3) is 0 Å². The Labute approximate surface area is 143 Å². The Kier molecular flexibility index (Phi) is 4.26. The van der Waals surface area contributed by atoms with Crippen molar-refractivity contribution in [3.05, 3.63) is 48.4 Å². The summed E-state index contributed by atoms with van der Waals surface area (Å²) in [5.41, 5.74) is 2.30. The monoisotopic (exact) mass is 340 g/mol. The lowest BCUT2D eigenvalue weighted by Gasteiger charge is -2.18. The lowest BCUT2D eigenvalue weighted by Crippen LogP contribution is -2.27. The van der Waals surface area contributed by atoms with Crippen LogP contribution in [0.1, 0.15) is 5.56 Å². The highest BCUT2D eigenvalue weighted by Gasteiger charge is 2.18. The number of aromatic nitrogens is 1. The average Bonchev–Trinajstić information content (AvgIpc) is 3.09. The van der Waals surface area contributed by atoms with Crippen LogP contribution in [0.3, 0.4) is 0 Å². The molecular weight excluding hydrogens is 328 g/mol. The number of para-hydroxylation sites is 1. The van der Waals surface area contributed by atoms with Gasteiger partial charge in [-0.1, -0.05) is 18.9 Å². The van der Waals surface area contributed by atoms with Crippen molar-refractivity contribution in [2.75, 3.05) is 16.7 Å². The van der Waals surface area contributed by atoms with Crippen molar-refractivity contribution >= 4 is 41.3 Å². The second-order valence-electron chi connectivity index (χ2n) is 4.75. The van der Waals surface area contributed by atoms with Gasteiger partial charge >= 0.3 is 6.03 Å².